The van der Waals surface area contributed by atoms with Crippen LogP contribution in [-0.4, -0.2) is 10.4 Å². The van der Waals surface area contributed by atoms with E-state index >= 15 is 0 Å². The number of benzene rings is 1. The van der Waals surface area contributed by atoms with E-state index in [-0.39, 0.29) is 5.92 Å². The van der Waals surface area contributed by atoms with Crippen molar-refractivity contribution < 1.29 is 5.11 Å². The van der Waals surface area contributed by atoms with Crippen LogP contribution in [0.3, 0.4) is 0 Å². The van der Waals surface area contributed by atoms with Crippen molar-refractivity contribution in [2.75, 3.05) is 5.33 Å². The van der Waals surface area contributed by atoms with Crippen molar-refractivity contribution in [3.05, 3.63) is 28.8 Å². The van der Waals surface area contributed by atoms with Gasteiger partial charge in [-0.2, -0.15) is 0 Å². The fourth-order valence-corrected chi connectivity index (χ4v) is 1.53. The van der Waals surface area contributed by atoms with Gasteiger partial charge in [0, 0.05) is 10.4 Å². The molecule has 1 rings (SSSR count). The first kappa shape index (κ1) is 9.87. The van der Waals surface area contributed by atoms with Crippen molar-refractivity contribution in [3.8, 4) is 5.75 Å². The first-order valence-electron chi connectivity index (χ1n) is 3.69. The molecule has 0 aliphatic heterocycles. The lowest BCUT2D eigenvalue weighted by Crippen LogP contribution is -1.94. The zero-order valence-corrected chi connectivity index (χ0v) is 9.06. The fourth-order valence-electron chi connectivity index (χ4n) is 1.00. The molecule has 1 atom stereocenters. The standard InChI is InChI=1S/C9H10BrClO/c1-6(5-10)8-4-7(11)2-3-9(8)12/h2-4,6,12H,5H2,1H3. The van der Waals surface area contributed by atoms with Gasteiger partial charge in [-0.25, -0.2) is 0 Å². The summed E-state index contributed by atoms with van der Waals surface area (Å²) in [6.45, 7) is 2.03. The zero-order chi connectivity index (χ0) is 9.14. The molecular weight excluding hydrogens is 239 g/mol. The van der Waals surface area contributed by atoms with E-state index in [4.69, 9.17) is 11.6 Å². The maximum Gasteiger partial charge on any atom is 0.119 e. The van der Waals surface area contributed by atoms with E-state index in [1.54, 1.807) is 18.2 Å². The lowest BCUT2D eigenvalue weighted by atomic mass is 10.0. The largest absolute Gasteiger partial charge is 0.508 e. The van der Waals surface area contributed by atoms with Crippen LogP contribution in [0.4, 0.5) is 0 Å². The SMILES string of the molecule is CC(CBr)c1cc(Cl)ccc1O. The molecule has 1 N–H and O–H groups in total. The second-order valence-electron chi connectivity index (χ2n) is 2.76. The van der Waals surface area contributed by atoms with Crippen LogP contribution in [-0.2, 0) is 0 Å². The summed E-state index contributed by atoms with van der Waals surface area (Å²) in [7, 11) is 0. The number of alkyl halides is 1. The summed E-state index contributed by atoms with van der Waals surface area (Å²) in [4.78, 5) is 0. The van der Waals surface area contributed by atoms with Crippen molar-refractivity contribution in [2.45, 2.75) is 12.8 Å². The third-order valence-electron chi connectivity index (χ3n) is 1.75. The van der Waals surface area contributed by atoms with Crippen LogP contribution in [0.2, 0.25) is 5.02 Å². The van der Waals surface area contributed by atoms with Crippen LogP contribution in [0.15, 0.2) is 18.2 Å². The Kier molecular flexibility index (Phi) is 3.41. The predicted octanol–water partition coefficient (Wildman–Crippen LogP) is 3.54. The first-order valence-corrected chi connectivity index (χ1v) is 5.19. The van der Waals surface area contributed by atoms with Crippen molar-refractivity contribution in [3.63, 3.8) is 0 Å². The molecule has 0 aromatic heterocycles. The van der Waals surface area contributed by atoms with E-state index in [0.29, 0.717) is 10.8 Å². The Morgan fingerprint density at radius 1 is 1.58 bits per heavy atom. The van der Waals surface area contributed by atoms with Gasteiger partial charge in [0.05, 0.1) is 0 Å². The van der Waals surface area contributed by atoms with Crippen LogP contribution < -0.4 is 0 Å². The third kappa shape index (κ3) is 2.14. The highest BCUT2D eigenvalue weighted by Crippen LogP contribution is 2.29. The molecule has 0 saturated carbocycles. The molecule has 0 heterocycles. The lowest BCUT2D eigenvalue weighted by molar-refractivity contribution is 0.465. The molecule has 12 heavy (non-hydrogen) atoms. The van der Waals surface area contributed by atoms with Crippen LogP contribution in [0.1, 0.15) is 18.4 Å². The van der Waals surface area contributed by atoms with E-state index in [1.165, 1.54) is 0 Å². The maximum absolute atomic E-state index is 9.46. The summed E-state index contributed by atoms with van der Waals surface area (Å²) in [6.07, 6.45) is 0. The Labute approximate surface area is 85.5 Å². The Bertz CT molecular complexity index is 275. The number of phenolic OH excluding ortho intramolecular Hbond substituents is 1. The highest BCUT2D eigenvalue weighted by atomic mass is 79.9. The van der Waals surface area contributed by atoms with E-state index in [1.807, 2.05) is 6.92 Å². The quantitative estimate of drug-likeness (QED) is 0.795. The molecule has 1 aromatic rings. The number of phenols is 1. The summed E-state index contributed by atoms with van der Waals surface area (Å²) in [5, 5.41) is 10.9. The number of rotatable bonds is 2. The first-order chi connectivity index (χ1) is 5.65. The van der Waals surface area contributed by atoms with Gasteiger partial charge in [-0.3, -0.25) is 0 Å². The molecule has 0 spiro atoms. The van der Waals surface area contributed by atoms with E-state index < -0.39 is 0 Å². The average molecular weight is 250 g/mol. The molecule has 0 radical (unpaired) electrons. The zero-order valence-electron chi connectivity index (χ0n) is 6.72. The fraction of sp³-hybridized carbons (Fsp3) is 0.333. The normalized spacial score (nSPS) is 12.9. The molecule has 66 valence electrons. The molecule has 1 unspecified atom stereocenters. The van der Waals surface area contributed by atoms with Gasteiger partial charge >= 0.3 is 0 Å². The summed E-state index contributed by atoms with van der Waals surface area (Å²) in [6, 6.07) is 5.10. The van der Waals surface area contributed by atoms with Gasteiger partial charge in [0.25, 0.3) is 0 Å². The molecule has 1 nitrogen and oxygen atoms in total. The molecule has 0 aliphatic rings. The van der Waals surface area contributed by atoms with Crippen LogP contribution in [0.25, 0.3) is 0 Å². The molecule has 0 fully saturated rings. The second-order valence-corrected chi connectivity index (χ2v) is 3.84. The molecule has 1 aromatic carbocycles. The van der Waals surface area contributed by atoms with E-state index in [9.17, 15) is 5.11 Å². The van der Waals surface area contributed by atoms with Crippen molar-refractivity contribution in [2.24, 2.45) is 0 Å². The van der Waals surface area contributed by atoms with E-state index in [2.05, 4.69) is 15.9 Å². The topological polar surface area (TPSA) is 20.2 Å². The van der Waals surface area contributed by atoms with Crippen molar-refractivity contribution in [1.82, 2.24) is 0 Å². The minimum atomic E-state index is 0.281. The number of halogens is 2. The molecule has 0 amide bonds. The molecular formula is C9H10BrClO. The van der Waals surface area contributed by atoms with Gasteiger partial charge in [-0.05, 0) is 29.7 Å². The third-order valence-corrected chi connectivity index (χ3v) is 2.96. The maximum atomic E-state index is 9.46. The van der Waals surface area contributed by atoms with Gasteiger partial charge in [0.2, 0.25) is 0 Å². The highest BCUT2D eigenvalue weighted by molar-refractivity contribution is 9.09. The predicted molar refractivity (Wildman–Crippen MR) is 55.3 cm³/mol. The Balaban J connectivity index is 3.04. The minimum Gasteiger partial charge on any atom is -0.508 e. The molecule has 0 aliphatic carbocycles. The Morgan fingerprint density at radius 2 is 2.25 bits per heavy atom. The Hall–Kier alpha value is -0.210. The van der Waals surface area contributed by atoms with Gasteiger partial charge < -0.3 is 5.11 Å². The van der Waals surface area contributed by atoms with Crippen LogP contribution >= 0.6 is 27.5 Å². The number of hydrogen-bond acceptors (Lipinski definition) is 1. The molecule has 0 bridgehead atoms. The van der Waals surface area contributed by atoms with Gasteiger partial charge in [0.15, 0.2) is 0 Å². The second kappa shape index (κ2) is 4.15. The van der Waals surface area contributed by atoms with Crippen molar-refractivity contribution >= 4 is 27.5 Å². The summed E-state index contributed by atoms with van der Waals surface area (Å²) in [5.74, 6) is 0.593. The average Bonchev–Trinajstić information content (AvgIpc) is 2.08. The van der Waals surface area contributed by atoms with Gasteiger partial charge in [-0.15, -0.1) is 0 Å². The molecule has 3 heteroatoms. The number of aromatic hydroxyl groups is 1. The summed E-state index contributed by atoms with van der Waals surface area (Å²) < 4.78 is 0. The van der Waals surface area contributed by atoms with Crippen LogP contribution in [0, 0.1) is 0 Å². The highest BCUT2D eigenvalue weighted by Gasteiger charge is 2.08. The number of hydrogen-bond donors (Lipinski definition) is 1. The lowest BCUT2D eigenvalue weighted by Gasteiger charge is -2.10. The summed E-state index contributed by atoms with van der Waals surface area (Å²) in [5.41, 5.74) is 0.888. The smallest absolute Gasteiger partial charge is 0.119 e. The Morgan fingerprint density at radius 3 is 2.83 bits per heavy atom. The van der Waals surface area contributed by atoms with Gasteiger partial charge in [0.1, 0.15) is 5.75 Å². The summed E-state index contributed by atoms with van der Waals surface area (Å²) >= 11 is 9.15. The van der Waals surface area contributed by atoms with Crippen molar-refractivity contribution in [1.29, 1.82) is 0 Å². The monoisotopic (exact) mass is 248 g/mol. The van der Waals surface area contributed by atoms with Gasteiger partial charge in [-0.1, -0.05) is 34.5 Å². The van der Waals surface area contributed by atoms with E-state index in [0.717, 1.165) is 10.9 Å². The molecule has 0 saturated heterocycles. The minimum absolute atomic E-state index is 0.281. The van der Waals surface area contributed by atoms with Crippen LogP contribution in [0.5, 0.6) is 5.75 Å².